The van der Waals surface area contributed by atoms with E-state index in [0.29, 0.717) is 19.1 Å². The molecule has 0 fully saturated rings. The number of nitrogens with one attached hydrogen (secondary N) is 1. The number of halogens is 2. The van der Waals surface area contributed by atoms with Gasteiger partial charge in [-0.05, 0) is 31.0 Å². The summed E-state index contributed by atoms with van der Waals surface area (Å²) >= 11 is 0. The second-order valence-electron chi connectivity index (χ2n) is 4.36. The van der Waals surface area contributed by atoms with E-state index in [4.69, 9.17) is 4.74 Å². The quantitative estimate of drug-likeness (QED) is 0.743. The molecule has 0 aliphatic carbocycles. The molecule has 0 saturated heterocycles. The lowest BCUT2D eigenvalue weighted by molar-refractivity contribution is 0.296. The van der Waals surface area contributed by atoms with Gasteiger partial charge in [0.25, 0.3) is 0 Å². The summed E-state index contributed by atoms with van der Waals surface area (Å²) in [5, 5.41) is 3.20. The summed E-state index contributed by atoms with van der Waals surface area (Å²) in [6.45, 7) is 6.27. The molecule has 1 aromatic rings. The number of ether oxygens (including phenoxy) is 1. The molecule has 0 heterocycles. The number of hydrogen-bond acceptors (Lipinski definition) is 2. The molecule has 0 saturated carbocycles. The first-order valence-electron chi connectivity index (χ1n) is 5.88. The smallest absolute Gasteiger partial charge is 0.167 e. The molecule has 1 N–H and O–H groups in total. The molecule has 0 radical (unpaired) electrons. The Morgan fingerprint density at radius 3 is 2.65 bits per heavy atom. The van der Waals surface area contributed by atoms with Gasteiger partial charge in [0, 0.05) is 12.6 Å². The summed E-state index contributed by atoms with van der Waals surface area (Å²) in [5.74, 6) is -0.493. The highest BCUT2D eigenvalue weighted by Crippen LogP contribution is 2.17. The third kappa shape index (κ3) is 5.63. The molecule has 0 aromatic heterocycles. The molecule has 0 bridgehead atoms. The molecular formula is C13H19F2NO. The van der Waals surface area contributed by atoms with Crippen molar-refractivity contribution >= 4 is 0 Å². The van der Waals surface area contributed by atoms with Gasteiger partial charge in [-0.3, -0.25) is 0 Å². The first kappa shape index (κ1) is 13.9. The standard InChI is InChI=1S/C13H19F2NO/c1-10(2)5-6-16-7-8-17-13-4-3-11(14)9-12(13)15/h3-4,9-10,16H,5-8H2,1-2H3. The van der Waals surface area contributed by atoms with Gasteiger partial charge in [0.05, 0.1) is 0 Å². The van der Waals surface area contributed by atoms with Gasteiger partial charge in [-0.2, -0.15) is 0 Å². The summed E-state index contributed by atoms with van der Waals surface area (Å²) < 4.78 is 30.9. The Hall–Kier alpha value is -1.16. The van der Waals surface area contributed by atoms with E-state index in [2.05, 4.69) is 19.2 Å². The van der Waals surface area contributed by atoms with Crippen LogP contribution in [-0.4, -0.2) is 19.7 Å². The van der Waals surface area contributed by atoms with Crippen molar-refractivity contribution in [2.75, 3.05) is 19.7 Å². The van der Waals surface area contributed by atoms with Gasteiger partial charge in [0.15, 0.2) is 11.6 Å². The molecule has 96 valence electrons. The Morgan fingerprint density at radius 2 is 2.00 bits per heavy atom. The van der Waals surface area contributed by atoms with Crippen molar-refractivity contribution in [1.29, 1.82) is 0 Å². The average molecular weight is 243 g/mol. The number of hydrogen-bond donors (Lipinski definition) is 1. The van der Waals surface area contributed by atoms with Crippen LogP contribution in [0.2, 0.25) is 0 Å². The van der Waals surface area contributed by atoms with Crippen molar-refractivity contribution in [3.8, 4) is 5.75 Å². The summed E-state index contributed by atoms with van der Waals surface area (Å²) in [5.41, 5.74) is 0. The molecule has 2 nitrogen and oxygen atoms in total. The topological polar surface area (TPSA) is 21.3 Å². The van der Waals surface area contributed by atoms with Crippen LogP contribution >= 0.6 is 0 Å². The van der Waals surface area contributed by atoms with Gasteiger partial charge in [-0.1, -0.05) is 13.8 Å². The molecule has 0 unspecified atom stereocenters. The van der Waals surface area contributed by atoms with Crippen LogP contribution in [0.15, 0.2) is 18.2 Å². The van der Waals surface area contributed by atoms with E-state index in [1.54, 1.807) is 0 Å². The van der Waals surface area contributed by atoms with E-state index in [1.165, 1.54) is 12.1 Å². The Morgan fingerprint density at radius 1 is 1.24 bits per heavy atom. The van der Waals surface area contributed by atoms with Gasteiger partial charge in [-0.25, -0.2) is 8.78 Å². The molecule has 0 spiro atoms. The largest absolute Gasteiger partial charge is 0.489 e. The van der Waals surface area contributed by atoms with Crippen LogP contribution in [0.4, 0.5) is 8.78 Å². The molecule has 4 heteroatoms. The molecule has 1 aromatic carbocycles. The van der Waals surface area contributed by atoms with Crippen LogP contribution in [0.1, 0.15) is 20.3 Å². The Labute approximate surface area is 101 Å². The van der Waals surface area contributed by atoms with Crippen LogP contribution in [0.5, 0.6) is 5.75 Å². The van der Waals surface area contributed by atoms with Crippen molar-refractivity contribution < 1.29 is 13.5 Å². The zero-order valence-electron chi connectivity index (χ0n) is 10.3. The van der Waals surface area contributed by atoms with Crippen molar-refractivity contribution in [3.63, 3.8) is 0 Å². The third-order valence-electron chi connectivity index (χ3n) is 2.33. The highest BCUT2D eigenvalue weighted by atomic mass is 19.1. The third-order valence-corrected chi connectivity index (χ3v) is 2.33. The summed E-state index contributed by atoms with van der Waals surface area (Å²) in [6, 6.07) is 3.31. The van der Waals surface area contributed by atoms with Crippen LogP contribution in [0, 0.1) is 17.6 Å². The van der Waals surface area contributed by atoms with Crippen LogP contribution in [-0.2, 0) is 0 Å². The van der Waals surface area contributed by atoms with Crippen LogP contribution < -0.4 is 10.1 Å². The second-order valence-corrected chi connectivity index (χ2v) is 4.36. The van der Waals surface area contributed by atoms with E-state index < -0.39 is 11.6 Å². The lowest BCUT2D eigenvalue weighted by Gasteiger charge is -2.09. The van der Waals surface area contributed by atoms with E-state index in [0.717, 1.165) is 19.0 Å². The zero-order chi connectivity index (χ0) is 12.7. The molecule has 0 atom stereocenters. The normalized spacial score (nSPS) is 10.9. The van der Waals surface area contributed by atoms with E-state index in [-0.39, 0.29) is 5.75 Å². The fourth-order valence-corrected chi connectivity index (χ4v) is 1.34. The lowest BCUT2D eigenvalue weighted by atomic mass is 10.1. The fourth-order valence-electron chi connectivity index (χ4n) is 1.34. The highest BCUT2D eigenvalue weighted by molar-refractivity contribution is 5.24. The molecule has 1 rings (SSSR count). The SMILES string of the molecule is CC(C)CCNCCOc1ccc(F)cc1F. The van der Waals surface area contributed by atoms with Crippen molar-refractivity contribution in [3.05, 3.63) is 29.8 Å². The highest BCUT2D eigenvalue weighted by Gasteiger charge is 2.04. The van der Waals surface area contributed by atoms with Crippen LogP contribution in [0.25, 0.3) is 0 Å². The Bertz CT molecular complexity index is 342. The van der Waals surface area contributed by atoms with Gasteiger partial charge in [-0.15, -0.1) is 0 Å². The molecule has 0 aliphatic heterocycles. The molecule has 0 amide bonds. The first-order valence-corrected chi connectivity index (χ1v) is 5.88. The Balaban J connectivity index is 2.18. The maximum Gasteiger partial charge on any atom is 0.167 e. The van der Waals surface area contributed by atoms with Crippen LogP contribution in [0.3, 0.4) is 0 Å². The average Bonchev–Trinajstić information content (AvgIpc) is 2.25. The van der Waals surface area contributed by atoms with Gasteiger partial charge >= 0.3 is 0 Å². The van der Waals surface area contributed by atoms with Crippen molar-refractivity contribution in [1.82, 2.24) is 5.32 Å². The molecular weight excluding hydrogens is 224 g/mol. The van der Waals surface area contributed by atoms with Crippen molar-refractivity contribution in [2.24, 2.45) is 5.92 Å². The maximum atomic E-state index is 13.1. The van der Waals surface area contributed by atoms with E-state index in [9.17, 15) is 8.78 Å². The Kier molecular flexibility index (Phi) is 5.91. The summed E-state index contributed by atoms with van der Waals surface area (Å²) in [6.07, 6.45) is 1.10. The maximum absolute atomic E-state index is 13.1. The van der Waals surface area contributed by atoms with Crippen molar-refractivity contribution in [2.45, 2.75) is 20.3 Å². The minimum Gasteiger partial charge on any atom is -0.489 e. The molecule has 17 heavy (non-hydrogen) atoms. The fraction of sp³-hybridized carbons (Fsp3) is 0.538. The lowest BCUT2D eigenvalue weighted by Crippen LogP contribution is -2.23. The summed E-state index contributed by atoms with van der Waals surface area (Å²) in [4.78, 5) is 0. The van der Waals surface area contributed by atoms with E-state index in [1.807, 2.05) is 0 Å². The van der Waals surface area contributed by atoms with Gasteiger partial charge in [0.2, 0.25) is 0 Å². The number of benzene rings is 1. The predicted molar refractivity (Wildman–Crippen MR) is 64.2 cm³/mol. The van der Waals surface area contributed by atoms with E-state index >= 15 is 0 Å². The monoisotopic (exact) mass is 243 g/mol. The zero-order valence-corrected chi connectivity index (χ0v) is 10.3. The minimum atomic E-state index is -0.660. The second kappa shape index (κ2) is 7.22. The number of rotatable bonds is 7. The van der Waals surface area contributed by atoms with Gasteiger partial charge in [0.1, 0.15) is 12.4 Å². The first-order chi connectivity index (χ1) is 8.09. The molecule has 0 aliphatic rings. The van der Waals surface area contributed by atoms with Gasteiger partial charge < -0.3 is 10.1 Å². The summed E-state index contributed by atoms with van der Waals surface area (Å²) in [7, 11) is 0. The predicted octanol–water partition coefficient (Wildman–Crippen LogP) is 2.98. The minimum absolute atomic E-state index is 0.0945.